The number of hydrogen-bond donors (Lipinski definition) is 1. The number of nitrogens with one attached hydrogen (secondary N) is 1. The first-order valence-corrected chi connectivity index (χ1v) is 7.19. The third-order valence-electron chi connectivity index (χ3n) is 2.18. The fraction of sp³-hybridized carbons (Fsp3) is 0.545. The minimum absolute atomic E-state index is 0.00393. The molecule has 0 unspecified atom stereocenters. The van der Waals surface area contributed by atoms with Crippen molar-refractivity contribution in [2.75, 3.05) is 6.54 Å². The molecule has 0 radical (unpaired) electrons. The Hall–Kier alpha value is -0.650. The lowest BCUT2D eigenvalue weighted by Gasteiger charge is -2.18. The first-order valence-electron chi connectivity index (χ1n) is 5.32. The van der Waals surface area contributed by atoms with Crippen LogP contribution in [0.4, 0.5) is 0 Å². The average molecular weight is 277 g/mol. The van der Waals surface area contributed by atoms with Gasteiger partial charge in [-0.2, -0.15) is 0 Å². The normalized spacial score (nSPS) is 12.7. The lowest BCUT2D eigenvalue weighted by atomic mass is 9.93. The van der Waals surface area contributed by atoms with Crippen molar-refractivity contribution in [3.8, 4) is 0 Å². The van der Waals surface area contributed by atoms with Gasteiger partial charge in [0.05, 0.1) is 0 Å². The van der Waals surface area contributed by atoms with E-state index in [0.29, 0.717) is 6.54 Å². The molecule has 0 atom stereocenters. The summed E-state index contributed by atoms with van der Waals surface area (Å²) in [6.07, 6.45) is 2.21. The SMILES string of the molecule is CC(C)(C)CCNS(=O)(=O)c1cccnc1Cl. The van der Waals surface area contributed by atoms with Gasteiger partial charge in [-0.25, -0.2) is 18.1 Å². The molecule has 17 heavy (non-hydrogen) atoms. The van der Waals surface area contributed by atoms with E-state index in [-0.39, 0.29) is 15.5 Å². The molecule has 0 saturated heterocycles. The van der Waals surface area contributed by atoms with Crippen LogP contribution in [0.25, 0.3) is 0 Å². The molecule has 0 fully saturated rings. The molecule has 0 spiro atoms. The van der Waals surface area contributed by atoms with Crippen molar-refractivity contribution in [2.45, 2.75) is 32.1 Å². The smallest absolute Gasteiger partial charge is 0.243 e. The fourth-order valence-electron chi connectivity index (χ4n) is 1.21. The molecule has 1 N–H and O–H groups in total. The second-order valence-corrected chi connectivity index (χ2v) is 7.09. The van der Waals surface area contributed by atoms with Gasteiger partial charge in [0, 0.05) is 12.7 Å². The summed E-state index contributed by atoms with van der Waals surface area (Å²) in [6, 6.07) is 2.99. The number of pyridine rings is 1. The largest absolute Gasteiger partial charge is 0.243 e. The zero-order valence-corrected chi connectivity index (χ0v) is 11.8. The Morgan fingerprint density at radius 2 is 2.06 bits per heavy atom. The summed E-state index contributed by atoms with van der Waals surface area (Å²) < 4.78 is 26.3. The molecule has 1 rings (SSSR count). The molecular weight excluding hydrogens is 260 g/mol. The Kier molecular flexibility index (Phi) is 4.52. The predicted octanol–water partition coefficient (Wildman–Crippen LogP) is 2.45. The van der Waals surface area contributed by atoms with E-state index in [1.54, 1.807) is 6.07 Å². The zero-order chi connectivity index (χ0) is 13.1. The number of hydrogen-bond acceptors (Lipinski definition) is 3. The van der Waals surface area contributed by atoms with Gasteiger partial charge in [-0.05, 0) is 24.0 Å². The van der Waals surface area contributed by atoms with Crippen molar-refractivity contribution < 1.29 is 8.42 Å². The molecule has 0 aliphatic rings. The molecule has 0 aliphatic heterocycles. The number of nitrogens with zero attached hydrogens (tertiary/aromatic N) is 1. The van der Waals surface area contributed by atoms with Crippen molar-refractivity contribution in [1.29, 1.82) is 0 Å². The molecule has 96 valence electrons. The first-order chi connectivity index (χ1) is 7.72. The molecule has 4 nitrogen and oxygen atoms in total. The Labute approximate surface area is 107 Å². The van der Waals surface area contributed by atoms with E-state index in [9.17, 15) is 8.42 Å². The van der Waals surface area contributed by atoms with Crippen molar-refractivity contribution in [3.05, 3.63) is 23.5 Å². The van der Waals surface area contributed by atoms with E-state index in [2.05, 4.69) is 30.5 Å². The highest BCUT2D eigenvalue weighted by Crippen LogP contribution is 2.20. The summed E-state index contributed by atoms with van der Waals surface area (Å²) in [6.45, 7) is 6.55. The number of sulfonamides is 1. The quantitative estimate of drug-likeness (QED) is 0.860. The molecule has 0 amide bonds. The van der Waals surface area contributed by atoms with Crippen molar-refractivity contribution in [1.82, 2.24) is 9.71 Å². The summed E-state index contributed by atoms with van der Waals surface area (Å²) in [4.78, 5) is 3.77. The number of rotatable bonds is 4. The Morgan fingerprint density at radius 1 is 1.41 bits per heavy atom. The third kappa shape index (κ3) is 4.61. The first kappa shape index (κ1) is 14.4. The Balaban J connectivity index is 2.74. The molecule has 6 heteroatoms. The monoisotopic (exact) mass is 276 g/mol. The number of aromatic nitrogens is 1. The minimum atomic E-state index is -3.56. The predicted molar refractivity (Wildman–Crippen MR) is 68.5 cm³/mol. The molecule has 1 aromatic rings. The van der Waals surface area contributed by atoms with E-state index in [1.165, 1.54) is 12.3 Å². The lowest BCUT2D eigenvalue weighted by molar-refractivity contribution is 0.378. The molecular formula is C11H17ClN2O2S. The summed E-state index contributed by atoms with van der Waals surface area (Å²) in [5.74, 6) is 0. The van der Waals surface area contributed by atoms with Crippen LogP contribution in [0.5, 0.6) is 0 Å². The van der Waals surface area contributed by atoms with E-state index in [0.717, 1.165) is 6.42 Å². The molecule has 1 aromatic heterocycles. The second kappa shape index (κ2) is 5.33. The topological polar surface area (TPSA) is 59.1 Å². The van der Waals surface area contributed by atoms with Gasteiger partial charge in [0.15, 0.2) is 0 Å². The van der Waals surface area contributed by atoms with Crippen molar-refractivity contribution in [3.63, 3.8) is 0 Å². The maximum absolute atomic E-state index is 11.9. The van der Waals surface area contributed by atoms with Crippen molar-refractivity contribution in [2.24, 2.45) is 5.41 Å². The third-order valence-corrected chi connectivity index (χ3v) is 4.09. The number of halogens is 1. The van der Waals surface area contributed by atoms with E-state index < -0.39 is 10.0 Å². The second-order valence-electron chi connectivity index (χ2n) is 5.00. The van der Waals surface area contributed by atoms with Crippen LogP contribution in [0.3, 0.4) is 0 Å². The van der Waals surface area contributed by atoms with Crippen LogP contribution >= 0.6 is 11.6 Å². The minimum Gasteiger partial charge on any atom is -0.243 e. The van der Waals surface area contributed by atoms with Gasteiger partial charge in [-0.1, -0.05) is 32.4 Å². The van der Waals surface area contributed by atoms with Crippen LogP contribution in [-0.2, 0) is 10.0 Å². The molecule has 0 saturated carbocycles. The van der Waals surface area contributed by atoms with E-state index >= 15 is 0 Å². The van der Waals surface area contributed by atoms with Gasteiger partial charge in [0.1, 0.15) is 10.0 Å². The average Bonchev–Trinajstić information content (AvgIpc) is 2.15. The van der Waals surface area contributed by atoms with Gasteiger partial charge in [0.2, 0.25) is 10.0 Å². The highest BCUT2D eigenvalue weighted by Gasteiger charge is 2.19. The van der Waals surface area contributed by atoms with Gasteiger partial charge in [0.25, 0.3) is 0 Å². The van der Waals surface area contributed by atoms with Crippen LogP contribution in [0.2, 0.25) is 5.15 Å². The Morgan fingerprint density at radius 3 is 2.59 bits per heavy atom. The van der Waals surface area contributed by atoms with Crippen LogP contribution in [-0.4, -0.2) is 19.9 Å². The van der Waals surface area contributed by atoms with Gasteiger partial charge in [-0.3, -0.25) is 0 Å². The van der Waals surface area contributed by atoms with Crippen LogP contribution in [0.1, 0.15) is 27.2 Å². The molecule has 0 aromatic carbocycles. The van der Waals surface area contributed by atoms with Gasteiger partial charge in [-0.15, -0.1) is 0 Å². The maximum atomic E-state index is 11.9. The van der Waals surface area contributed by atoms with Gasteiger partial charge >= 0.3 is 0 Å². The van der Waals surface area contributed by atoms with Crippen LogP contribution < -0.4 is 4.72 Å². The van der Waals surface area contributed by atoms with Crippen LogP contribution in [0.15, 0.2) is 23.2 Å². The standard InChI is InChI=1S/C11H17ClN2O2S/c1-11(2,3)6-8-14-17(15,16)9-5-4-7-13-10(9)12/h4-5,7,14H,6,8H2,1-3H3. The van der Waals surface area contributed by atoms with Crippen molar-refractivity contribution >= 4 is 21.6 Å². The van der Waals surface area contributed by atoms with E-state index in [4.69, 9.17) is 11.6 Å². The molecule has 0 aliphatic carbocycles. The zero-order valence-electron chi connectivity index (χ0n) is 10.2. The summed E-state index contributed by atoms with van der Waals surface area (Å²) in [5.41, 5.74) is 0.0846. The molecule has 0 bridgehead atoms. The Bertz CT molecular complexity index is 480. The van der Waals surface area contributed by atoms with E-state index in [1.807, 2.05) is 0 Å². The summed E-state index contributed by atoms with van der Waals surface area (Å²) in [5, 5.41) is -0.00393. The lowest BCUT2D eigenvalue weighted by Crippen LogP contribution is -2.27. The highest BCUT2D eigenvalue weighted by molar-refractivity contribution is 7.89. The summed E-state index contributed by atoms with van der Waals surface area (Å²) >= 11 is 5.75. The van der Waals surface area contributed by atoms with Crippen LogP contribution in [0, 0.1) is 5.41 Å². The fourth-order valence-corrected chi connectivity index (χ4v) is 2.69. The summed E-state index contributed by atoms with van der Waals surface area (Å²) in [7, 11) is -3.56. The highest BCUT2D eigenvalue weighted by atomic mass is 35.5. The maximum Gasteiger partial charge on any atom is 0.243 e. The van der Waals surface area contributed by atoms with Gasteiger partial charge < -0.3 is 0 Å². The molecule has 1 heterocycles.